The van der Waals surface area contributed by atoms with Gasteiger partial charge in [-0.15, -0.1) is 0 Å². The molecule has 2 heteroatoms. The quantitative estimate of drug-likeness (QED) is 0.595. The van der Waals surface area contributed by atoms with Gasteiger partial charge in [0.2, 0.25) is 0 Å². The van der Waals surface area contributed by atoms with Crippen LogP contribution in [-0.4, -0.2) is 11.1 Å². The third-order valence-electron chi connectivity index (χ3n) is 4.43. The molecule has 1 N–H and O–H groups in total. The van der Waals surface area contributed by atoms with E-state index >= 15 is 0 Å². The average molecular weight is 330 g/mol. The van der Waals surface area contributed by atoms with Crippen molar-refractivity contribution < 1.29 is 0 Å². The van der Waals surface area contributed by atoms with Crippen LogP contribution in [0.15, 0.2) is 91.0 Å². The molecular weight excluding hydrogens is 304 g/mol. The Morgan fingerprint density at radius 3 is 1.72 bits per heavy atom. The maximum atomic E-state index is 3.64. The first kappa shape index (κ1) is 17.4. The molecule has 3 aromatic rings. The van der Waals surface area contributed by atoms with E-state index < -0.39 is 0 Å². The lowest BCUT2D eigenvalue weighted by Gasteiger charge is -2.30. The molecule has 0 bridgehead atoms. The maximum Gasteiger partial charge on any atom is 0.0385 e. The predicted molar refractivity (Wildman–Crippen MR) is 105 cm³/mol. The Bertz CT molecular complexity index is 726. The van der Waals surface area contributed by atoms with E-state index in [0.717, 1.165) is 19.5 Å². The highest BCUT2D eigenvalue weighted by atomic mass is 15.5. The fourth-order valence-electron chi connectivity index (χ4n) is 3.00. The molecule has 0 aliphatic rings. The Hall–Kier alpha value is -2.42. The molecule has 0 aliphatic carbocycles. The molecule has 3 aromatic carbocycles. The minimum absolute atomic E-state index is 0.395. The second kappa shape index (κ2) is 9.16. The number of hydrogen-bond donors (Lipinski definition) is 1. The maximum absolute atomic E-state index is 3.64. The zero-order valence-electron chi connectivity index (χ0n) is 14.8. The first-order valence-corrected chi connectivity index (χ1v) is 8.93. The van der Waals surface area contributed by atoms with E-state index in [1.807, 2.05) is 0 Å². The summed E-state index contributed by atoms with van der Waals surface area (Å²) in [7, 11) is 0. The van der Waals surface area contributed by atoms with E-state index in [2.05, 4.69) is 108 Å². The van der Waals surface area contributed by atoms with Crippen molar-refractivity contribution in [1.29, 1.82) is 0 Å². The van der Waals surface area contributed by atoms with Crippen LogP contribution >= 0.6 is 0 Å². The molecule has 0 saturated carbocycles. The standard InChI is InChI=1S/C23H26N2/c1-20(17-21-11-5-2-6-12-21)25(19-23-15-9-4-10-16-23)24-18-22-13-7-3-8-14-22/h2-16,20,24H,17-19H2,1H3. The summed E-state index contributed by atoms with van der Waals surface area (Å²) < 4.78 is 0. The van der Waals surface area contributed by atoms with Gasteiger partial charge in [0.1, 0.15) is 0 Å². The van der Waals surface area contributed by atoms with E-state index in [1.54, 1.807) is 0 Å². The Morgan fingerprint density at radius 1 is 0.680 bits per heavy atom. The number of nitrogens with zero attached hydrogens (tertiary/aromatic N) is 1. The Kier molecular flexibility index (Phi) is 6.38. The van der Waals surface area contributed by atoms with E-state index in [9.17, 15) is 0 Å². The lowest BCUT2D eigenvalue weighted by atomic mass is 10.1. The van der Waals surface area contributed by atoms with Crippen molar-refractivity contribution >= 4 is 0 Å². The van der Waals surface area contributed by atoms with Crippen LogP contribution < -0.4 is 5.43 Å². The van der Waals surface area contributed by atoms with Gasteiger partial charge in [-0.25, -0.2) is 5.01 Å². The van der Waals surface area contributed by atoms with Crippen LogP contribution in [0, 0.1) is 0 Å². The summed E-state index contributed by atoms with van der Waals surface area (Å²) >= 11 is 0. The number of hydrazine groups is 1. The highest BCUT2D eigenvalue weighted by molar-refractivity contribution is 5.18. The topological polar surface area (TPSA) is 15.3 Å². The molecule has 0 spiro atoms. The zero-order chi connectivity index (χ0) is 17.3. The lowest BCUT2D eigenvalue weighted by molar-refractivity contribution is 0.119. The van der Waals surface area contributed by atoms with Crippen molar-refractivity contribution in [3.8, 4) is 0 Å². The normalized spacial score (nSPS) is 12.2. The molecule has 0 heterocycles. The molecule has 1 unspecified atom stereocenters. The molecule has 3 rings (SSSR count). The third-order valence-corrected chi connectivity index (χ3v) is 4.43. The zero-order valence-corrected chi connectivity index (χ0v) is 14.8. The number of rotatable bonds is 8. The summed E-state index contributed by atoms with van der Waals surface area (Å²) in [5.41, 5.74) is 7.63. The average Bonchev–Trinajstić information content (AvgIpc) is 2.67. The van der Waals surface area contributed by atoms with E-state index in [1.165, 1.54) is 16.7 Å². The van der Waals surface area contributed by atoms with Crippen molar-refractivity contribution in [2.45, 2.75) is 32.5 Å². The smallest absolute Gasteiger partial charge is 0.0385 e. The van der Waals surface area contributed by atoms with Crippen LogP contribution in [0.25, 0.3) is 0 Å². The van der Waals surface area contributed by atoms with Gasteiger partial charge in [-0.2, -0.15) is 0 Å². The first-order valence-electron chi connectivity index (χ1n) is 8.93. The van der Waals surface area contributed by atoms with Crippen molar-refractivity contribution in [2.75, 3.05) is 0 Å². The van der Waals surface area contributed by atoms with Crippen LogP contribution in [-0.2, 0) is 19.5 Å². The first-order chi connectivity index (χ1) is 12.3. The second-order valence-corrected chi connectivity index (χ2v) is 6.47. The molecule has 1 atom stereocenters. The Morgan fingerprint density at radius 2 is 1.16 bits per heavy atom. The fraction of sp³-hybridized carbons (Fsp3) is 0.217. The number of nitrogens with one attached hydrogen (secondary N) is 1. The highest BCUT2D eigenvalue weighted by Gasteiger charge is 2.14. The Labute approximate surface area is 151 Å². The van der Waals surface area contributed by atoms with Gasteiger partial charge in [-0.3, -0.25) is 5.43 Å². The molecule has 0 saturated heterocycles. The highest BCUT2D eigenvalue weighted by Crippen LogP contribution is 2.12. The summed E-state index contributed by atoms with van der Waals surface area (Å²) in [5.74, 6) is 0. The minimum atomic E-state index is 0.395. The van der Waals surface area contributed by atoms with Crippen molar-refractivity contribution in [1.82, 2.24) is 10.4 Å². The summed E-state index contributed by atoms with van der Waals surface area (Å²) in [6.45, 7) is 4.02. The molecule has 128 valence electrons. The SMILES string of the molecule is CC(Cc1ccccc1)N(Cc1ccccc1)NCc1ccccc1. The molecule has 0 aliphatic heterocycles. The van der Waals surface area contributed by atoms with Crippen LogP contribution in [0.5, 0.6) is 0 Å². The van der Waals surface area contributed by atoms with Crippen molar-refractivity contribution in [3.05, 3.63) is 108 Å². The van der Waals surface area contributed by atoms with Gasteiger partial charge in [0, 0.05) is 19.1 Å². The van der Waals surface area contributed by atoms with Gasteiger partial charge in [0.25, 0.3) is 0 Å². The van der Waals surface area contributed by atoms with Crippen LogP contribution in [0.2, 0.25) is 0 Å². The molecule has 25 heavy (non-hydrogen) atoms. The third kappa shape index (κ3) is 5.56. The van der Waals surface area contributed by atoms with E-state index in [0.29, 0.717) is 6.04 Å². The van der Waals surface area contributed by atoms with E-state index in [-0.39, 0.29) is 0 Å². The Balaban J connectivity index is 1.68. The van der Waals surface area contributed by atoms with Crippen molar-refractivity contribution in [3.63, 3.8) is 0 Å². The van der Waals surface area contributed by atoms with E-state index in [4.69, 9.17) is 0 Å². The summed E-state index contributed by atoms with van der Waals surface area (Å²) in [6, 6.07) is 32.3. The van der Waals surface area contributed by atoms with Crippen molar-refractivity contribution in [2.24, 2.45) is 0 Å². The van der Waals surface area contributed by atoms with Gasteiger partial charge in [-0.1, -0.05) is 91.0 Å². The van der Waals surface area contributed by atoms with Crippen LogP contribution in [0.1, 0.15) is 23.6 Å². The summed E-state index contributed by atoms with van der Waals surface area (Å²) in [6.07, 6.45) is 1.02. The molecule has 0 fully saturated rings. The predicted octanol–water partition coefficient (Wildman–Crippen LogP) is 4.82. The molecule has 0 radical (unpaired) electrons. The summed E-state index contributed by atoms with van der Waals surface area (Å²) in [5, 5.41) is 2.36. The van der Waals surface area contributed by atoms with Gasteiger partial charge < -0.3 is 0 Å². The number of benzene rings is 3. The number of hydrogen-bond acceptors (Lipinski definition) is 2. The van der Waals surface area contributed by atoms with Crippen LogP contribution in [0.4, 0.5) is 0 Å². The van der Waals surface area contributed by atoms with Gasteiger partial charge in [0.15, 0.2) is 0 Å². The molecule has 0 amide bonds. The molecular formula is C23H26N2. The van der Waals surface area contributed by atoms with Gasteiger partial charge >= 0.3 is 0 Å². The lowest BCUT2D eigenvalue weighted by Crippen LogP contribution is -2.44. The molecule has 2 nitrogen and oxygen atoms in total. The van der Waals surface area contributed by atoms with Gasteiger partial charge in [-0.05, 0) is 30.0 Å². The molecule has 0 aromatic heterocycles. The monoisotopic (exact) mass is 330 g/mol. The second-order valence-electron chi connectivity index (χ2n) is 6.47. The van der Waals surface area contributed by atoms with Crippen LogP contribution in [0.3, 0.4) is 0 Å². The largest absolute Gasteiger partial charge is 0.250 e. The fourth-order valence-corrected chi connectivity index (χ4v) is 3.00. The van der Waals surface area contributed by atoms with Gasteiger partial charge in [0.05, 0.1) is 0 Å². The summed E-state index contributed by atoms with van der Waals surface area (Å²) in [4.78, 5) is 0. The minimum Gasteiger partial charge on any atom is -0.250 e.